The normalized spacial score (nSPS) is 19.0. The monoisotopic (exact) mass is 603 g/mol. The quantitative estimate of drug-likeness (QED) is 0.262. The number of halogens is 1. The van der Waals surface area contributed by atoms with Gasteiger partial charge in [0, 0.05) is 30.8 Å². The number of ether oxygens (including phenoxy) is 4. The van der Waals surface area contributed by atoms with Gasteiger partial charge in [-0.1, -0.05) is 41.9 Å². The molecule has 1 N–H and O–H groups in total. The van der Waals surface area contributed by atoms with E-state index >= 15 is 0 Å². The van der Waals surface area contributed by atoms with Gasteiger partial charge in [0.2, 0.25) is 5.88 Å². The molecule has 1 aromatic heterocycles. The Morgan fingerprint density at radius 1 is 1.26 bits per heavy atom. The summed E-state index contributed by atoms with van der Waals surface area (Å²) >= 11 is 6.88. The van der Waals surface area contributed by atoms with Gasteiger partial charge < -0.3 is 29.2 Å². The van der Waals surface area contributed by atoms with Gasteiger partial charge in [0.1, 0.15) is 34.8 Å². The van der Waals surface area contributed by atoms with Crippen LogP contribution in [-0.4, -0.2) is 60.3 Å². The Bertz CT molecular complexity index is 1560. The number of aryl methyl sites for hydroxylation is 1. The molecule has 2 atom stereocenters. The Balaban J connectivity index is 1.23. The van der Waals surface area contributed by atoms with Gasteiger partial charge in [-0.3, -0.25) is 4.79 Å². The van der Waals surface area contributed by atoms with Crippen LogP contribution in [0.4, 0.5) is 5.69 Å². The molecule has 0 bridgehead atoms. The van der Waals surface area contributed by atoms with E-state index in [2.05, 4.69) is 10.3 Å². The maximum Gasteiger partial charge on any atom is 0.330 e. The van der Waals surface area contributed by atoms with E-state index < -0.39 is 5.97 Å². The Morgan fingerprint density at radius 3 is 2.91 bits per heavy atom. The molecular formula is C33H34ClN3O6. The molecule has 1 saturated heterocycles. The minimum atomic E-state index is -0.457. The highest BCUT2D eigenvalue weighted by molar-refractivity contribution is 6.34. The summed E-state index contributed by atoms with van der Waals surface area (Å²) in [5, 5.41) is 3.66. The first-order chi connectivity index (χ1) is 20.9. The van der Waals surface area contributed by atoms with Crippen LogP contribution in [0.2, 0.25) is 5.02 Å². The smallest absolute Gasteiger partial charge is 0.330 e. The van der Waals surface area contributed by atoms with Crippen LogP contribution < -0.4 is 19.5 Å². The van der Waals surface area contributed by atoms with E-state index in [4.69, 9.17) is 30.5 Å². The fraction of sp³-hybridized carbons (Fsp3) is 0.364. The molecule has 0 saturated carbocycles. The number of fused-ring (bicyclic) bond motifs is 4. The van der Waals surface area contributed by atoms with E-state index in [1.54, 1.807) is 19.2 Å². The molecule has 224 valence electrons. The van der Waals surface area contributed by atoms with Gasteiger partial charge in [-0.2, -0.15) is 0 Å². The molecule has 1 fully saturated rings. The number of nitrogens with zero attached hydrogens (tertiary/aromatic N) is 2. The summed E-state index contributed by atoms with van der Waals surface area (Å²) in [6.45, 7) is 5.88. The van der Waals surface area contributed by atoms with Crippen LogP contribution in [0.1, 0.15) is 52.4 Å². The molecule has 10 heteroatoms. The van der Waals surface area contributed by atoms with Gasteiger partial charge in [-0.05, 0) is 55.5 Å². The SMILES string of the molecule is CCOC(=O)/C=C/c1cnc(O[C@H]2C[C@@H]3COc4cc(C)c5c(c4C(=O)N3C2)OCCC5)c(Cl)c1NCc1ccccc1. The minimum Gasteiger partial charge on any atom is -0.492 e. The molecule has 0 aliphatic carbocycles. The molecule has 2 aromatic carbocycles. The van der Waals surface area contributed by atoms with Crippen molar-refractivity contribution in [1.29, 1.82) is 0 Å². The topological polar surface area (TPSA) is 99.2 Å². The first kappa shape index (κ1) is 28.9. The molecule has 6 rings (SSSR count). The Morgan fingerprint density at radius 2 is 2.09 bits per heavy atom. The van der Waals surface area contributed by atoms with E-state index in [-0.39, 0.29) is 35.6 Å². The zero-order chi connectivity index (χ0) is 29.9. The third-order valence-electron chi connectivity index (χ3n) is 7.96. The average Bonchev–Trinajstić information content (AvgIpc) is 3.37. The van der Waals surface area contributed by atoms with Gasteiger partial charge in [0.15, 0.2) is 0 Å². The number of hydrogen-bond acceptors (Lipinski definition) is 8. The number of anilines is 1. The van der Waals surface area contributed by atoms with Crippen LogP contribution in [0.15, 0.2) is 48.7 Å². The summed E-state index contributed by atoms with van der Waals surface area (Å²) in [4.78, 5) is 32.2. The maximum atomic E-state index is 13.9. The van der Waals surface area contributed by atoms with Crippen molar-refractivity contribution >= 4 is 35.2 Å². The number of benzene rings is 2. The lowest BCUT2D eigenvalue weighted by Gasteiger charge is -2.25. The summed E-state index contributed by atoms with van der Waals surface area (Å²) in [6.07, 6.45) is 6.60. The summed E-state index contributed by atoms with van der Waals surface area (Å²) in [5.41, 5.74) is 4.92. The number of pyridine rings is 1. The zero-order valence-electron chi connectivity index (χ0n) is 24.2. The largest absolute Gasteiger partial charge is 0.492 e. The highest BCUT2D eigenvalue weighted by Crippen LogP contribution is 2.42. The van der Waals surface area contributed by atoms with Crippen molar-refractivity contribution in [2.24, 2.45) is 0 Å². The summed E-state index contributed by atoms with van der Waals surface area (Å²) < 4.78 is 23.6. The predicted octanol–water partition coefficient (Wildman–Crippen LogP) is 5.61. The fourth-order valence-corrected chi connectivity index (χ4v) is 6.14. The number of carbonyl (C=O) groups is 2. The lowest BCUT2D eigenvalue weighted by molar-refractivity contribution is -0.137. The molecule has 43 heavy (non-hydrogen) atoms. The van der Waals surface area contributed by atoms with Crippen molar-refractivity contribution < 1.29 is 28.5 Å². The van der Waals surface area contributed by atoms with Crippen molar-refractivity contribution in [2.45, 2.75) is 51.8 Å². The van der Waals surface area contributed by atoms with Crippen LogP contribution in [0.3, 0.4) is 0 Å². The average molecular weight is 604 g/mol. The summed E-state index contributed by atoms with van der Waals surface area (Å²) in [5.74, 6) is 0.924. The molecule has 3 aliphatic heterocycles. The van der Waals surface area contributed by atoms with Crippen molar-refractivity contribution in [3.05, 3.63) is 81.5 Å². The fourth-order valence-electron chi connectivity index (χ4n) is 5.87. The standard InChI is InChI=1S/C33H34ClN3O6/c1-3-40-27(38)12-11-22-17-36-32(29(34)30(22)35-16-21-8-5-4-6-9-21)43-24-15-23-19-42-26-14-20(2)25-10-7-13-41-31(25)28(26)33(39)37(23)18-24/h4-6,8-9,11-12,14,17,23-24H,3,7,10,13,15-16,18-19H2,1-2H3,(H,35,36)/b12-11+/t23-,24+/m1/s1. The number of nitrogens with one attached hydrogen (secondary N) is 1. The highest BCUT2D eigenvalue weighted by Gasteiger charge is 2.42. The van der Waals surface area contributed by atoms with Crippen LogP contribution >= 0.6 is 11.6 Å². The van der Waals surface area contributed by atoms with E-state index in [0.717, 1.165) is 29.5 Å². The summed E-state index contributed by atoms with van der Waals surface area (Å²) in [7, 11) is 0. The lowest BCUT2D eigenvalue weighted by Crippen LogP contribution is -2.37. The second kappa shape index (κ2) is 12.6. The number of aromatic nitrogens is 1. The van der Waals surface area contributed by atoms with Crippen molar-refractivity contribution in [3.8, 4) is 17.4 Å². The van der Waals surface area contributed by atoms with Gasteiger partial charge in [0.05, 0.1) is 31.5 Å². The van der Waals surface area contributed by atoms with Crippen LogP contribution in [0.5, 0.6) is 17.4 Å². The molecule has 0 spiro atoms. The second-order valence-corrected chi connectivity index (χ2v) is 11.2. The molecule has 3 aliphatic rings. The zero-order valence-corrected chi connectivity index (χ0v) is 25.0. The van der Waals surface area contributed by atoms with E-state index in [9.17, 15) is 9.59 Å². The van der Waals surface area contributed by atoms with E-state index in [1.165, 1.54) is 6.08 Å². The predicted molar refractivity (Wildman–Crippen MR) is 163 cm³/mol. The van der Waals surface area contributed by atoms with Crippen LogP contribution in [-0.2, 0) is 22.5 Å². The van der Waals surface area contributed by atoms with E-state index in [1.807, 2.05) is 48.2 Å². The maximum absolute atomic E-state index is 13.9. The third kappa shape index (κ3) is 5.99. The Labute approximate surface area is 255 Å². The molecule has 9 nitrogen and oxygen atoms in total. The first-order valence-electron chi connectivity index (χ1n) is 14.6. The number of carbonyl (C=O) groups excluding carboxylic acids is 2. The molecule has 1 amide bonds. The number of hydrogen-bond donors (Lipinski definition) is 1. The Kier molecular flexibility index (Phi) is 8.42. The van der Waals surface area contributed by atoms with E-state index in [0.29, 0.717) is 61.0 Å². The molecule has 4 heterocycles. The molecular weight excluding hydrogens is 570 g/mol. The Hall–Kier alpha value is -4.24. The van der Waals surface area contributed by atoms with Crippen molar-refractivity contribution in [2.75, 3.05) is 31.7 Å². The van der Waals surface area contributed by atoms with Gasteiger partial charge in [0.25, 0.3) is 5.91 Å². The molecule has 0 unspecified atom stereocenters. The van der Waals surface area contributed by atoms with Crippen LogP contribution in [0, 0.1) is 6.92 Å². The van der Waals surface area contributed by atoms with Crippen molar-refractivity contribution in [3.63, 3.8) is 0 Å². The van der Waals surface area contributed by atoms with Gasteiger partial charge in [-0.25, -0.2) is 9.78 Å². The second-order valence-electron chi connectivity index (χ2n) is 10.9. The third-order valence-corrected chi connectivity index (χ3v) is 8.31. The summed E-state index contributed by atoms with van der Waals surface area (Å²) in [6, 6.07) is 11.7. The number of rotatable bonds is 8. The number of amides is 1. The first-order valence-corrected chi connectivity index (χ1v) is 15.0. The molecule has 3 aromatic rings. The van der Waals surface area contributed by atoms with Gasteiger partial charge >= 0.3 is 5.97 Å². The number of esters is 1. The van der Waals surface area contributed by atoms with Crippen LogP contribution in [0.25, 0.3) is 6.08 Å². The lowest BCUT2D eigenvalue weighted by atomic mass is 9.96. The van der Waals surface area contributed by atoms with Gasteiger partial charge in [-0.15, -0.1) is 0 Å². The minimum absolute atomic E-state index is 0.106. The van der Waals surface area contributed by atoms with Crippen molar-refractivity contribution in [1.82, 2.24) is 9.88 Å². The molecule has 0 radical (unpaired) electrons. The highest BCUT2D eigenvalue weighted by atomic mass is 35.5.